The van der Waals surface area contributed by atoms with E-state index in [1.807, 2.05) is 25.1 Å². The molecule has 0 aromatic heterocycles. The number of nitrogens with zero attached hydrogens (tertiary/aromatic N) is 2. The van der Waals surface area contributed by atoms with Crippen LogP contribution in [0.25, 0.3) is 0 Å². The summed E-state index contributed by atoms with van der Waals surface area (Å²) in [4.78, 5) is 17.2. The second-order valence-corrected chi connectivity index (χ2v) is 8.12. The summed E-state index contributed by atoms with van der Waals surface area (Å²) in [6.07, 6.45) is 0. The summed E-state index contributed by atoms with van der Waals surface area (Å²) in [5.74, 6) is 1.57. The smallest absolute Gasteiger partial charge is 0.241 e. The molecule has 0 radical (unpaired) electrons. The topological polar surface area (TPSA) is 54.0 Å². The molecule has 1 aliphatic heterocycles. The number of anilines is 1. The van der Waals surface area contributed by atoms with Crippen LogP contribution in [-0.4, -0.2) is 62.1 Å². The highest BCUT2D eigenvalue weighted by atomic mass is 35.5. The van der Waals surface area contributed by atoms with E-state index in [0.717, 1.165) is 49.8 Å². The van der Waals surface area contributed by atoms with Gasteiger partial charge in [0.2, 0.25) is 5.91 Å². The quantitative estimate of drug-likeness (QED) is 0.684. The fourth-order valence-electron chi connectivity index (χ4n) is 3.55. The van der Waals surface area contributed by atoms with Gasteiger partial charge in [-0.2, -0.15) is 0 Å². The number of hydrogen-bond acceptors (Lipinski definition) is 5. The average molecular weight is 452 g/mol. The van der Waals surface area contributed by atoms with Crippen LogP contribution in [0.4, 0.5) is 5.69 Å². The molecule has 30 heavy (non-hydrogen) atoms. The lowest BCUT2D eigenvalue weighted by Gasteiger charge is -2.37. The molecule has 8 heteroatoms. The zero-order chi connectivity index (χ0) is 21.7. The molecule has 2 aromatic rings. The molecular formula is C22H27Cl2N3O3. The Morgan fingerprint density at radius 2 is 1.80 bits per heavy atom. The highest BCUT2D eigenvalue weighted by Gasteiger charge is 2.26. The first kappa shape index (κ1) is 22.7. The van der Waals surface area contributed by atoms with Gasteiger partial charge in [0.15, 0.2) is 0 Å². The Labute approximate surface area is 187 Å². The van der Waals surface area contributed by atoms with E-state index < -0.39 is 0 Å². The Morgan fingerprint density at radius 1 is 1.07 bits per heavy atom. The molecule has 1 aliphatic rings. The van der Waals surface area contributed by atoms with Crippen LogP contribution in [0.5, 0.6) is 11.5 Å². The van der Waals surface area contributed by atoms with Crippen molar-refractivity contribution >= 4 is 34.8 Å². The second-order valence-electron chi connectivity index (χ2n) is 7.28. The summed E-state index contributed by atoms with van der Waals surface area (Å²) >= 11 is 12.2. The van der Waals surface area contributed by atoms with Gasteiger partial charge in [-0.25, -0.2) is 0 Å². The number of ether oxygens (including phenoxy) is 2. The van der Waals surface area contributed by atoms with Crippen LogP contribution in [0.3, 0.4) is 0 Å². The average Bonchev–Trinajstić information content (AvgIpc) is 2.76. The molecule has 0 aliphatic carbocycles. The number of nitrogens with one attached hydrogen (secondary N) is 1. The van der Waals surface area contributed by atoms with Gasteiger partial charge in [0.25, 0.3) is 0 Å². The Balaban J connectivity index is 1.56. The number of hydrogen-bond donors (Lipinski definition) is 1. The SMILES string of the molecule is COc1ccc(OC)c(CN2CCN(C(C)C(=O)Nc3cc(Cl)ccc3Cl)CC2)c1. The largest absolute Gasteiger partial charge is 0.497 e. The number of halogens is 2. The number of methoxy groups -OCH3 is 2. The molecule has 1 unspecified atom stereocenters. The van der Waals surface area contributed by atoms with Crippen LogP contribution in [0, 0.1) is 0 Å². The van der Waals surface area contributed by atoms with Gasteiger partial charge in [-0.1, -0.05) is 23.2 Å². The first-order valence-electron chi connectivity index (χ1n) is 9.84. The van der Waals surface area contributed by atoms with Crippen molar-refractivity contribution in [3.63, 3.8) is 0 Å². The van der Waals surface area contributed by atoms with Crippen LogP contribution in [0.2, 0.25) is 10.0 Å². The molecule has 0 bridgehead atoms. The number of carbonyl (C=O) groups is 1. The van der Waals surface area contributed by atoms with Crippen LogP contribution in [0.1, 0.15) is 12.5 Å². The summed E-state index contributed by atoms with van der Waals surface area (Å²) < 4.78 is 10.8. The molecule has 1 heterocycles. The Hall–Kier alpha value is -1.99. The van der Waals surface area contributed by atoms with E-state index in [-0.39, 0.29) is 11.9 Å². The Kier molecular flexibility index (Phi) is 7.83. The summed E-state index contributed by atoms with van der Waals surface area (Å²) in [6.45, 7) is 5.99. The number of amides is 1. The van der Waals surface area contributed by atoms with Gasteiger partial charge in [-0.3, -0.25) is 14.6 Å². The molecular weight excluding hydrogens is 425 g/mol. The summed E-state index contributed by atoms with van der Waals surface area (Å²) in [7, 11) is 3.34. The maximum Gasteiger partial charge on any atom is 0.241 e. The predicted molar refractivity (Wildman–Crippen MR) is 121 cm³/mol. The van der Waals surface area contributed by atoms with Crippen LogP contribution >= 0.6 is 23.2 Å². The van der Waals surface area contributed by atoms with E-state index in [0.29, 0.717) is 15.7 Å². The van der Waals surface area contributed by atoms with Crippen molar-refractivity contribution in [1.82, 2.24) is 9.80 Å². The number of carbonyl (C=O) groups excluding carboxylic acids is 1. The maximum atomic E-state index is 12.7. The van der Waals surface area contributed by atoms with E-state index in [4.69, 9.17) is 32.7 Å². The molecule has 3 rings (SSSR count). The fraction of sp³-hybridized carbons (Fsp3) is 0.409. The predicted octanol–water partition coefficient (Wildman–Crippen LogP) is 4.16. The molecule has 1 N–H and O–H groups in total. The second kappa shape index (κ2) is 10.4. The number of rotatable bonds is 7. The monoisotopic (exact) mass is 451 g/mol. The lowest BCUT2D eigenvalue weighted by atomic mass is 10.1. The Bertz CT molecular complexity index is 886. The lowest BCUT2D eigenvalue weighted by Crippen LogP contribution is -2.52. The minimum Gasteiger partial charge on any atom is -0.497 e. The summed E-state index contributed by atoms with van der Waals surface area (Å²) in [5, 5.41) is 3.89. The van der Waals surface area contributed by atoms with Gasteiger partial charge in [0.1, 0.15) is 11.5 Å². The van der Waals surface area contributed by atoms with Crippen molar-refractivity contribution < 1.29 is 14.3 Å². The van der Waals surface area contributed by atoms with Crippen molar-refractivity contribution in [3.05, 3.63) is 52.0 Å². The zero-order valence-corrected chi connectivity index (χ0v) is 19.0. The third-order valence-electron chi connectivity index (χ3n) is 5.40. The van der Waals surface area contributed by atoms with Crippen LogP contribution < -0.4 is 14.8 Å². The molecule has 6 nitrogen and oxygen atoms in total. The molecule has 162 valence electrons. The summed E-state index contributed by atoms with van der Waals surface area (Å²) in [5.41, 5.74) is 1.62. The minimum absolute atomic E-state index is 0.0953. The van der Waals surface area contributed by atoms with Crippen LogP contribution in [-0.2, 0) is 11.3 Å². The molecule has 1 saturated heterocycles. The fourth-order valence-corrected chi connectivity index (χ4v) is 3.89. The van der Waals surface area contributed by atoms with Crippen molar-refractivity contribution in [2.75, 3.05) is 45.7 Å². The van der Waals surface area contributed by atoms with E-state index in [2.05, 4.69) is 15.1 Å². The van der Waals surface area contributed by atoms with Crippen molar-refractivity contribution in [1.29, 1.82) is 0 Å². The third-order valence-corrected chi connectivity index (χ3v) is 5.97. The van der Waals surface area contributed by atoms with Gasteiger partial charge in [-0.05, 0) is 43.3 Å². The van der Waals surface area contributed by atoms with E-state index in [1.54, 1.807) is 32.4 Å². The molecule has 0 saturated carbocycles. The van der Waals surface area contributed by atoms with Gasteiger partial charge < -0.3 is 14.8 Å². The maximum absolute atomic E-state index is 12.7. The molecule has 2 aromatic carbocycles. The lowest BCUT2D eigenvalue weighted by molar-refractivity contribution is -0.121. The zero-order valence-electron chi connectivity index (χ0n) is 17.5. The van der Waals surface area contributed by atoms with E-state index in [1.165, 1.54) is 0 Å². The number of piperazine rings is 1. The molecule has 1 atom stereocenters. The van der Waals surface area contributed by atoms with E-state index in [9.17, 15) is 4.79 Å². The van der Waals surface area contributed by atoms with Gasteiger partial charge in [-0.15, -0.1) is 0 Å². The van der Waals surface area contributed by atoms with E-state index >= 15 is 0 Å². The molecule has 1 amide bonds. The van der Waals surface area contributed by atoms with Gasteiger partial charge in [0.05, 0.1) is 31.0 Å². The Morgan fingerprint density at radius 3 is 2.47 bits per heavy atom. The van der Waals surface area contributed by atoms with Crippen LogP contribution in [0.15, 0.2) is 36.4 Å². The van der Waals surface area contributed by atoms with Gasteiger partial charge >= 0.3 is 0 Å². The van der Waals surface area contributed by atoms with Gasteiger partial charge in [0, 0.05) is 43.3 Å². The first-order valence-corrected chi connectivity index (χ1v) is 10.6. The number of benzene rings is 2. The molecule has 1 fully saturated rings. The standard InChI is InChI=1S/C22H27Cl2N3O3/c1-15(22(28)25-20-13-17(23)4-6-19(20)24)27-10-8-26(9-11-27)14-16-12-18(29-2)5-7-21(16)30-3/h4-7,12-13,15H,8-11,14H2,1-3H3,(H,25,28). The summed E-state index contributed by atoms with van der Waals surface area (Å²) in [6, 6.07) is 10.6. The normalized spacial score (nSPS) is 16.2. The highest BCUT2D eigenvalue weighted by Crippen LogP contribution is 2.27. The minimum atomic E-state index is -0.270. The molecule has 0 spiro atoms. The van der Waals surface area contributed by atoms with Crippen molar-refractivity contribution in [2.45, 2.75) is 19.5 Å². The van der Waals surface area contributed by atoms with Crippen molar-refractivity contribution in [3.8, 4) is 11.5 Å². The van der Waals surface area contributed by atoms with Crippen molar-refractivity contribution in [2.24, 2.45) is 0 Å². The third kappa shape index (κ3) is 5.58. The first-order chi connectivity index (χ1) is 14.4. The highest BCUT2D eigenvalue weighted by molar-refractivity contribution is 6.35.